The molecule has 24 heavy (non-hydrogen) atoms. The number of aryl methyl sites for hydroxylation is 2. The fourth-order valence-corrected chi connectivity index (χ4v) is 3.50. The summed E-state index contributed by atoms with van der Waals surface area (Å²) in [7, 11) is 1.97. The van der Waals surface area contributed by atoms with Crippen molar-refractivity contribution < 1.29 is 9.15 Å². The van der Waals surface area contributed by atoms with Crippen LogP contribution < -0.4 is 5.32 Å². The molecule has 1 fully saturated rings. The van der Waals surface area contributed by atoms with Crippen LogP contribution in [0.1, 0.15) is 35.4 Å². The summed E-state index contributed by atoms with van der Waals surface area (Å²) in [6.45, 7) is 5.48. The minimum absolute atomic E-state index is 0.0306. The first-order chi connectivity index (χ1) is 11.6. The van der Waals surface area contributed by atoms with Crippen molar-refractivity contribution in [2.24, 2.45) is 7.05 Å². The molecule has 2 aromatic heterocycles. The fraction of sp³-hybridized carbons (Fsp3) is 0.444. The number of hydrogen-bond acceptors (Lipinski definition) is 5. The van der Waals surface area contributed by atoms with E-state index in [1.165, 1.54) is 5.56 Å². The first-order valence-corrected chi connectivity index (χ1v) is 8.33. The highest BCUT2D eigenvalue weighted by Crippen LogP contribution is 2.33. The van der Waals surface area contributed by atoms with Gasteiger partial charge in [-0.3, -0.25) is 4.68 Å². The Balaban J connectivity index is 1.51. The zero-order valence-corrected chi connectivity index (χ0v) is 14.2. The molecule has 0 saturated carbocycles. The zero-order chi connectivity index (χ0) is 16.7. The van der Waals surface area contributed by atoms with Gasteiger partial charge in [-0.15, -0.1) is 0 Å². The zero-order valence-electron chi connectivity index (χ0n) is 14.2. The summed E-state index contributed by atoms with van der Waals surface area (Å²) in [6.07, 6.45) is 1.00. The van der Waals surface area contributed by atoms with Crippen LogP contribution in [0.5, 0.6) is 0 Å². The minimum Gasteiger partial charge on any atom is -0.439 e. The predicted octanol–water partition coefficient (Wildman–Crippen LogP) is 2.80. The molecule has 1 aromatic carbocycles. The summed E-state index contributed by atoms with van der Waals surface area (Å²) in [4.78, 5) is 4.52. The van der Waals surface area contributed by atoms with Gasteiger partial charge < -0.3 is 14.5 Å². The van der Waals surface area contributed by atoms with Crippen LogP contribution in [0.25, 0.3) is 11.1 Å². The van der Waals surface area contributed by atoms with Crippen molar-refractivity contribution in [2.75, 3.05) is 6.61 Å². The van der Waals surface area contributed by atoms with Gasteiger partial charge in [0.15, 0.2) is 5.58 Å². The summed E-state index contributed by atoms with van der Waals surface area (Å²) in [5.74, 6) is 0.710. The van der Waals surface area contributed by atoms with Crippen molar-refractivity contribution in [3.05, 3.63) is 47.1 Å². The van der Waals surface area contributed by atoms with Gasteiger partial charge in [0.05, 0.1) is 12.2 Å². The molecule has 6 nitrogen and oxygen atoms in total. The number of hydrogen-bond donors (Lipinski definition) is 1. The Morgan fingerprint density at radius 1 is 1.29 bits per heavy atom. The van der Waals surface area contributed by atoms with Crippen LogP contribution in [0.2, 0.25) is 0 Å². The quantitative estimate of drug-likeness (QED) is 0.798. The molecule has 3 aromatic rings. The highest BCUT2D eigenvalue weighted by atomic mass is 16.5. The number of fused-ring (bicyclic) bond motifs is 1. The van der Waals surface area contributed by atoms with E-state index in [0.29, 0.717) is 12.4 Å². The minimum atomic E-state index is 0.0306. The van der Waals surface area contributed by atoms with Crippen LogP contribution in [0.3, 0.4) is 0 Å². The molecule has 0 aliphatic carbocycles. The molecule has 2 atom stereocenters. The van der Waals surface area contributed by atoms with Crippen LogP contribution in [0.15, 0.2) is 28.7 Å². The molecule has 0 bridgehead atoms. The number of nitrogens with one attached hydrogen (secondary N) is 1. The van der Waals surface area contributed by atoms with E-state index in [2.05, 4.69) is 22.3 Å². The van der Waals surface area contributed by atoms with Crippen molar-refractivity contribution >= 4 is 11.1 Å². The monoisotopic (exact) mass is 326 g/mol. The lowest BCUT2D eigenvalue weighted by atomic mass is 10.0. The first kappa shape index (κ1) is 15.4. The third-order valence-corrected chi connectivity index (χ3v) is 4.79. The Morgan fingerprint density at radius 2 is 2.12 bits per heavy atom. The highest BCUT2D eigenvalue weighted by Gasteiger charge is 2.33. The van der Waals surface area contributed by atoms with Crippen LogP contribution in [0, 0.1) is 13.8 Å². The summed E-state index contributed by atoms with van der Waals surface area (Å²) in [5.41, 5.74) is 5.12. The average Bonchev–Trinajstić information content (AvgIpc) is 3.24. The normalized spacial score (nSPS) is 21.0. The number of oxazole rings is 1. The Labute approximate surface area is 140 Å². The van der Waals surface area contributed by atoms with Gasteiger partial charge in [0.1, 0.15) is 11.6 Å². The van der Waals surface area contributed by atoms with Gasteiger partial charge >= 0.3 is 0 Å². The molecule has 3 heterocycles. The molecule has 126 valence electrons. The van der Waals surface area contributed by atoms with Gasteiger partial charge in [-0.1, -0.05) is 12.1 Å². The Hall–Kier alpha value is -2.18. The largest absolute Gasteiger partial charge is 0.439 e. The standard InChI is InChI=1S/C18H22N4O2/c1-11-17(12(2)22(3)21-11)18-14(8-9-23-18)19-10-16-20-13-6-4-5-7-15(13)24-16/h4-7,14,18-19H,8-10H2,1-3H3/t14-,18-/m0/s1. The van der Waals surface area contributed by atoms with E-state index in [1.807, 2.05) is 42.9 Å². The molecule has 6 heteroatoms. The smallest absolute Gasteiger partial charge is 0.209 e. The molecule has 1 N–H and O–H groups in total. The van der Waals surface area contributed by atoms with Crippen molar-refractivity contribution in [3.63, 3.8) is 0 Å². The third-order valence-electron chi connectivity index (χ3n) is 4.79. The molecular weight excluding hydrogens is 304 g/mol. The molecule has 1 aliphatic heterocycles. The Bertz CT molecular complexity index is 834. The summed E-state index contributed by atoms with van der Waals surface area (Å²) in [5, 5.41) is 8.07. The van der Waals surface area contributed by atoms with Crippen molar-refractivity contribution in [2.45, 2.75) is 39.0 Å². The van der Waals surface area contributed by atoms with E-state index in [1.54, 1.807) is 0 Å². The topological polar surface area (TPSA) is 65.1 Å². The molecule has 0 amide bonds. The first-order valence-electron chi connectivity index (χ1n) is 8.33. The second-order valence-electron chi connectivity index (χ2n) is 6.35. The van der Waals surface area contributed by atoms with Crippen molar-refractivity contribution in [1.29, 1.82) is 0 Å². The van der Waals surface area contributed by atoms with E-state index in [9.17, 15) is 0 Å². The number of rotatable bonds is 4. The summed E-state index contributed by atoms with van der Waals surface area (Å²) >= 11 is 0. The van der Waals surface area contributed by atoms with Gasteiger partial charge in [0, 0.05) is 31.0 Å². The van der Waals surface area contributed by atoms with Gasteiger partial charge in [0.2, 0.25) is 5.89 Å². The lowest BCUT2D eigenvalue weighted by Crippen LogP contribution is -2.31. The van der Waals surface area contributed by atoms with Crippen LogP contribution in [-0.2, 0) is 18.3 Å². The van der Waals surface area contributed by atoms with E-state index < -0.39 is 0 Å². The SMILES string of the molecule is Cc1nn(C)c(C)c1[C@H]1OCC[C@@H]1NCc1nc2ccccc2o1. The maximum Gasteiger partial charge on any atom is 0.209 e. The maximum absolute atomic E-state index is 6.01. The highest BCUT2D eigenvalue weighted by molar-refractivity contribution is 5.72. The lowest BCUT2D eigenvalue weighted by Gasteiger charge is -2.20. The van der Waals surface area contributed by atoms with E-state index in [4.69, 9.17) is 9.15 Å². The Kier molecular flexibility index (Phi) is 3.86. The second-order valence-corrected chi connectivity index (χ2v) is 6.35. The van der Waals surface area contributed by atoms with Gasteiger partial charge in [-0.25, -0.2) is 4.98 Å². The van der Waals surface area contributed by atoms with Gasteiger partial charge in [-0.2, -0.15) is 5.10 Å². The van der Waals surface area contributed by atoms with Crippen LogP contribution in [0.4, 0.5) is 0 Å². The van der Waals surface area contributed by atoms with E-state index >= 15 is 0 Å². The molecule has 1 aliphatic rings. The number of para-hydroxylation sites is 2. The Morgan fingerprint density at radius 3 is 2.88 bits per heavy atom. The number of aromatic nitrogens is 3. The lowest BCUT2D eigenvalue weighted by molar-refractivity contribution is 0.0970. The molecule has 0 radical (unpaired) electrons. The maximum atomic E-state index is 6.01. The number of benzene rings is 1. The van der Waals surface area contributed by atoms with E-state index in [0.717, 1.165) is 35.5 Å². The number of ether oxygens (including phenoxy) is 1. The molecule has 0 unspecified atom stereocenters. The molecule has 4 rings (SSSR count). The summed E-state index contributed by atoms with van der Waals surface area (Å²) in [6, 6.07) is 8.07. The average molecular weight is 326 g/mol. The van der Waals surface area contributed by atoms with Crippen LogP contribution in [-0.4, -0.2) is 27.4 Å². The van der Waals surface area contributed by atoms with E-state index in [-0.39, 0.29) is 12.1 Å². The molecular formula is C18H22N4O2. The van der Waals surface area contributed by atoms with Gasteiger partial charge in [-0.05, 0) is 32.4 Å². The third kappa shape index (κ3) is 2.61. The second kappa shape index (κ2) is 6.03. The van der Waals surface area contributed by atoms with Crippen molar-refractivity contribution in [3.8, 4) is 0 Å². The number of nitrogens with zero attached hydrogens (tertiary/aromatic N) is 3. The molecule has 0 spiro atoms. The predicted molar refractivity (Wildman–Crippen MR) is 90.6 cm³/mol. The van der Waals surface area contributed by atoms with Gasteiger partial charge in [0.25, 0.3) is 0 Å². The summed E-state index contributed by atoms with van der Waals surface area (Å²) < 4.78 is 13.7. The van der Waals surface area contributed by atoms with Crippen molar-refractivity contribution in [1.82, 2.24) is 20.1 Å². The fourth-order valence-electron chi connectivity index (χ4n) is 3.50. The van der Waals surface area contributed by atoms with Crippen LogP contribution >= 0.6 is 0 Å². The molecule has 1 saturated heterocycles.